The molecule has 0 amide bonds. The van der Waals surface area contributed by atoms with Gasteiger partial charge in [-0.25, -0.2) is 4.31 Å². The highest BCUT2D eigenvalue weighted by molar-refractivity contribution is 7.91. The van der Waals surface area contributed by atoms with E-state index >= 15 is 0 Å². The van der Waals surface area contributed by atoms with Gasteiger partial charge in [-0.15, -0.1) is 4.40 Å². The largest absolute Gasteiger partial charge is 0.845 e. The summed E-state index contributed by atoms with van der Waals surface area (Å²) in [6, 6.07) is 1.42. The van der Waals surface area contributed by atoms with E-state index in [-0.39, 0.29) is 6.54 Å². The maximum atomic E-state index is 13.3. The molecule has 5 rings (SSSR count). The number of aromatic nitrogens is 2. The molecule has 0 bridgehead atoms. The minimum absolute atomic E-state index is 0.168. The molecular formula is C23H31N6O4S-. The van der Waals surface area contributed by atoms with Gasteiger partial charge in [-0.2, -0.15) is 13.5 Å². The third kappa shape index (κ3) is 4.77. The number of anilines is 2. The molecule has 0 saturated carbocycles. The molecule has 1 saturated heterocycles. The second kappa shape index (κ2) is 9.55. The van der Waals surface area contributed by atoms with Crippen LogP contribution in [0.1, 0.15) is 35.1 Å². The fourth-order valence-corrected chi connectivity index (χ4v) is 6.25. The normalized spacial score (nSPS) is 18.7. The third-order valence-electron chi connectivity index (χ3n) is 6.88. The van der Waals surface area contributed by atoms with E-state index in [1.807, 2.05) is 0 Å². The summed E-state index contributed by atoms with van der Waals surface area (Å²) in [5.74, 6) is 0. The average molecular weight is 488 g/mol. The lowest BCUT2D eigenvalue weighted by Crippen LogP contribution is -2.43. The van der Waals surface area contributed by atoms with Crippen molar-refractivity contribution in [3.63, 3.8) is 0 Å². The molecule has 1 aromatic heterocycles. The number of rotatable bonds is 7. The minimum atomic E-state index is -4.28. The van der Waals surface area contributed by atoms with Gasteiger partial charge in [0.1, 0.15) is 0 Å². The van der Waals surface area contributed by atoms with E-state index in [0.717, 1.165) is 72.7 Å². The van der Waals surface area contributed by atoms with Gasteiger partial charge < -0.3 is 15.2 Å². The van der Waals surface area contributed by atoms with Crippen molar-refractivity contribution in [3.05, 3.63) is 40.7 Å². The number of morpholine rings is 1. The first-order valence-electron chi connectivity index (χ1n) is 11.9. The zero-order valence-electron chi connectivity index (χ0n) is 19.5. The van der Waals surface area contributed by atoms with Crippen molar-refractivity contribution >= 4 is 27.6 Å². The second-order valence-corrected chi connectivity index (χ2v) is 10.7. The first kappa shape index (κ1) is 23.1. The fourth-order valence-electron chi connectivity index (χ4n) is 5.22. The van der Waals surface area contributed by atoms with Crippen LogP contribution in [0.2, 0.25) is 0 Å². The van der Waals surface area contributed by atoms with Gasteiger partial charge in [-0.05, 0) is 60.8 Å². The zero-order valence-corrected chi connectivity index (χ0v) is 20.3. The highest BCUT2D eigenvalue weighted by atomic mass is 32.2. The lowest BCUT2D eigenvalue weighted by Gasteiger charge is -2.29. The van der Waals surface area contributed by atoms with Crippen molar-refractivity contribution in [2.24, 2.45) is 11.4 Å². The minimum Gasteiger partial charge on any atom is -0.845 e. The standard InChI is InChI=1S/C23H32N6O4S/c1-27-16-19(15-24-27)29(9-8-28-10-12-33-13-11-28)34(31,32)26-23(30)25-22-20-6-2-4-17(20)14-18-5-3-7-21(18)22/h14-16H,2-13H2,1H3,(H2,25,26,30)/p-1. The summed E-state index contributed by atoms with van der Waals surface area (Å²) in [7, 11) is -2.56. The molecule has 1 N–H and O–H groups in total. The number of nitrogens with one attached hydrogen (secondary N) is 1. The molecule has 0 unspecified atom stereocenters. The van der Waals surface area contributed by atoms with Crippen molar-refractivity contribution in [2.75, 3.05) is 49.0 Å². The maximum absolute atomic E-state index is 13.3. The van der Waals surface area contributed by atoms with Gasteiger partial charge in [-0.3, -0.25) is 9.58 Å². The molecule has 1 aromatic carbocycles. The Morgan fingerprint density at radius 2 is 1.85 bits per heavy atom. The van der Waals surface area contributed by atoms with E-state index in [4.69, 9.17) is 4.74 Å². The molecule has 10 nitrogen and oxygen atoms in total. The van der Waals surface area contributed by atoms with Crippen LogP contribution in [-0.2, 0) is 47.7 Å². The molecular weight excluding hydrogens is 456 g/mol. The lowest BCUT2D eigenvalue weighted by molar-refractivity contribution is -0.213. The van der Waals surface area contributed by atoms with Gasteiger partial charge >= 0.3 is 10.2 Å². The van der Waals surface area contributed by atoms with Crippen LogP contribution < -0.4 is 14.7 Å². The van der Waals surface area contributed by atoms with Crippen LogP contribution in [0.5, 0.6) is 0 Å². The number of benzene rings is 1. The number of nitrogens with zero attached hydrogens (tertiary/aromatic N) is 5. The Morgan fingerprint density at radius 3 is 2.47 bits per heavy atom. The Morgan fingerprint density at radius 1 is 1.18 bits per heavy atom. The molecule has 184 valence electrons. The Labute approximate surface area is 200 Å². The number of hydrogen-bond donors (Lipinski definition) is 1. The lowest BCUT2D eigenvalue weighted by atomic mass is 9.99. The van der Waals surface area contributed by atoms with Gasteiger partial charge in [0, 0.05) is 45.1 Å². The smallest absolute Gasteiger partial charge is 0.345 e. The summed E-state index contributed by atoms with van der Waals surface area (Å²) in [5.41, 5.74) is 5.97. The molecule has 3 aliphatic rings. The monoisotopic (exact) mass is 487 g/mol. The Balaban J connectivity index is 1.40. The molecule has 1 fully saturated rings. The molecule has 0 radical (unpaired) electrons. The van der Waals surface area contributed by atoms with Gasteiger partial charge in [0.15, 0.2) is 0 Å². The first-order chi connectivity index (χ1) is 16.4. The van der Waals surface area contributed by atoms with E-state index in [9.17, 15) is 13.5 Å². The molecule has 34 heavy (non-hydrogen) atoms. The maximum Gasteiger partial charge on any atom is 0.345 e. The molecule has 0 atom stereocenters. The van der Waals surface area contributed by atoms with Crippen LogP contribution >= 0.6 is 0 Å². The summed E-state index contributed by atoms with van der Waals surface area (Å²) in [4.78, 5) is 2.14. The summed E-state index contributed by atoms with van der Waals surface area (Å²) < 4.78 is 38.3. The molecule has 1 aliphatic heterocycles. The van der Waals surface area contributed by atoms with Crippen molar-refractivity contribution < 1.29 is 18.3 Å². The molecule has 2 heterocycles. The van der Waals surface area contributed by atoms with Crippen molar-refractivity contribution in [2.45, 2.75) is 38.5 Å². The van der Waals surface area contributed by atoms with Gasteiger partial charge in [0.2, 0.25) is 0 Å². The number of fused-ring (bicyclic) bond motifs is 2. The quantitative estimate of drug-likeness (QED) is 0.449. The van der Waals surface area contributed by atoms with Crippen molar-refractivity contribution in [1.29, 1.82) is 0 Å². The highest BCUT2D eigenvalue weighted by Crippen LogP contribution is 2.38. The number of aryl methyl sites for hydroxylation is 3. The molecule has 2 aromatic rings. The Hall–Kier alpha value is -2.63. The van der Waals surface area contributed by atoms with Crippen LogP contribution in [0.3, 0.4) is 0 Å². The zero-order chi connectivity index (χ0) is 23.7. The van der Waals surface area contributed by atoms with E-state index in [0.29, 0.717) is 25.4 Å². The first-order valence-corrected chi connectivity index (χ1v) is 13.3. The molecule has 11 heteroatoms. The van der Waals surface area contributed by atoms with Gasteiger partial charge in [0.05, 0.1) is 31.1 Å². The van der Waals surface area contributed by atoms with Crippen LogP contribution in [0.4, 0.5) is 11.4 Å². The second-order valence-electron chi connectivity index (χ2n) is 9.13. The Kier molecular flexibility index (Phi) is 6.50. The number of amidine groups is 1. The van der Waals surface area contributed by atoms with E-state index in [2.05, 4.69) is 25.8 Å². The average Bonchev–Trinajstić information content (AvgIpc) is 3.55. The highest BCUT2D eigenvalue weighted by Gasteiger charge is 2.26. The predicted octanol–water partition coefficient (Wildman–Crippen LogP) is 0.609. The summed E-state index contributed by atoms with van der Waals surface area (Å²) in [5, 5.41) is 19.9. The Bertz CT molecular complexity index is 1150. The van der Waals surface area contributed by atoms with E-state index in [1.165, 1.54) is 22.0 Å². The number of hydrogen-bond acceptors (Lipinski definition) is 6. The van der Waals surface area contributed by atoms with Crippen LogP contribution in [0, 0.1) is 0 Å². The summed E-state index contributed by atoms with van der Waals surface area (Å²) >= 11 is 0. The van der Waals surface area contributed by atoms with E-state index < -0.39 is 16.2 Å². The topological polar surface area (TPSA) is 115 Å². The molecule has 0 spiro atoms. The summed E-state index contributed by atoms with van der Waals surface area (Å²) in [6.45, 7) is 3.40. The van der Waals surface area contributed by atoms with Crippen molar-refractivity contribution in [1.82, 2.24) is 14.7 Å². The van der Waals surface area contributed by atoms with E-state index in [1.54, 1.807) is 13.2 Å². The van der Waals surface area contributed by atoms with Crippen LogP contribution in [0.25, 0.3) is 0 Å². The predicted molar refractivity (Wildman–Crippen MR) is 128 cm³/mol. The van der Waals surface area contributed by atoms with Crippen LogP contribution in [-0.4, -0.2) is 68.5 Å². The van der Waals surface area contributed by atoms with Crippen LogP contribution in [0.15, 0.2) is 22.9 Å². The van der Waals surface area contributed by atoms with Gasteiger partial charge in [0.25, 0.3) is 0 Å². The molecule has 2 aliphatic carbocycles. The number of ether oxygens (including phenoxy) is 1. The SMILES string of the molecule is Cn1cc(N(CCN2CCOCC2)S(=O)(=O)/N=C(\[O-])Nc2c3c(cc4c2CCC4)CCC3)cn1. The van der Waals surface area contributed by atoms with Gasteiger partial charge in [-0.1, -0.05) is 6.07 Å². The summed E-state index contributed by atoms with van der Waals surface area (Å²) in [6.07, 6.45) is 8.97. The van der Waals surface area contributed by atoms with Crippen molar-refractivity contribution in [3.8, 4) is 0 Å². The third-order valence-corrected chi connectivity index (χ3v) is 8.23. The fraction of sp³-hybridized carbons (Fsp3) is 0.565.